The van der Waals surface area contributed by atoms with Gasteiger partial charge in [-0.3, -0.25) is 4.79 Å². The molecule has 0 spiro atoms. The normalized spacial score (nSPS) is 10.2. The Morgan fingerprint density at radius 1 is 1.47 bits per heavy atom. The summed E-state index contributed by atoms with van der Waals surface area (Å²) in [5.41, 5.74) is 6.42. The van der Waals surface area contributed by atoms with Crippen LogP contribution < -0.4 is 5.73 Å². The molecule has 4 nitrogen and oxygen atoms in total. The van der Waals surface area contributed by atoms with Gasteiger partial charge in [0.05, 0.1) is 17.4 Å². The maximum absolute atomic E-state index is 12.9. The summed E-state index contributed by atoms with van der Waals surface area (Å²) >= 11 is 0. The zero-order chi connectivity index (χ0) is 10.8. The molecule has 0 aliphatic rings. The summed E-state index contributed by atoms with van der Waals surface area (Å²) in [4.78, 5) is 10.5. The molecule has 2 aromatic rings. The van der Waals surface area contributed by atoms with Crippen LogP contribution in [0.1, 0.15) is 10.4 Å². The fourth-order valence-electron chi connectivity index (χ4n) is 1.27. The highest BCUT2D eigenvalue weighted by atomic mass is 19.1. The number of nitrogens with zero attached hydrogens (tertiary/aromatic N) is 2. The second-order valence-corrected chi connectivity index (χ2v) is 2.99. The lowest BCUT2D eigenvalue weighted by Gasteiger charge is -2.03. The minimum Gasteiger partial charge on any atom is -0.383 e. The molecule has 5 heteroatoms. The van der Waals surface area contributed by atoms with Crippen LogP contribution in [0.25, 0.3) is 5.69 Å². The van der Waals surface area contributed by atoms with E-state index in [1.807, 2.05) is 0 Å². The Labute approximate surface area is 85.1 Å². The molecule has 15 heavy (non-hydrogen) atoms. The number of aldehydes is 1. The van der Waals surface area contributed by atoms with Crippen molar-refractivity contribution in [3.8, 4) is 5.69 Å². The van der Waals surface area contributed by atoms with Gasteiger partial charge in [-0.05, 0) is 18.2 Å². The average molecular weight is 205 g/mol. The molecule has 0 atom stereocenters. The first-order valence-corrected chi connectivity index (χ1v) is 4.27. The van der Waals surface area contributed by atoms with Gasteiger partial charge in [0.25, 0.3) is 0 Å². The average Bonchev–Trinajstić information content (AvgIpc) is 2.59. The quantitative estimate of drug-likeness (QED) is 0.754. The fourth-order valence-corrected chi connectivity index (χ4v) is 1.27. The second-order valence-electron chi connectivity index (χ2n) is 2.99. The van der Waals surface area contributed by atoms with Crippen molar-refractivity contribution in [2.45, 2.75) is 0 Å². The topological polar surface area (TPSA) is 60.9 Å². The van der Waals surface area contributed by atoms with Gasteiger partial charge in [-0.1, -0.05) is 6.07 Å². The predicted molar refractivity (Wildman–Crippen MR) is 53.3 cm³/mol. The summed E-state index contributed by atoms with van der Waals surface area (Å²) < 4.78 is 14.2. The van der Waals surface area contributed by atoms with Crippen LogP contribution >= 0.6 is 0 Å². The number of nitrogens with two attached hydrogens (primary N) is 1. The Morgan fingerprint density at radius 2 is 2.27 bits per heavy atom. The third-order valence-electron chi connectivity index (χ3n) is 2.02. The number of nitrogen functional groups attached to an aromatic ring is 1. The van der Waals surface area contributed by atoms with Gasteiger partial charge in [0, 0.05) is 0 Å². The van der Waals surface area contributed by atoms with Gasteiger partial charge < -0.3 is 5.73 Å². The van der Waals surface area contributed by atoms with Crippen molar-refractivity contribution in [3.63, 3.8) is 0 Å². The number of hydrogen-bond donors (Lipinski definition) is 1. The van der Waals surface area contributed by atoms with E-state index in [1.54, 1.807) is 12.1 Å². The Balaban J connectivity index is 2.54. The number of anilines is 1. The monoisotopic (exact) mass is 205 g/mol. The van der Waals surface area contributed by atoms with Crippen LogP contribution in [0.5, 0.6) is 0 Å². The van der Waals surface area contributed by atoms with Gasteiger partial charge in [0.15, 0.2) is 6.29 Å². The Morgan fingerprint density at radius 3 is 2.87 bits per heavy atom. The molecule has 0 saturated heterocycles. The van der Waals surface area contributed by atoms with Crippen LogP contribution in [-0.2, 0) is 0 Å². The van der Waals surface area contributed by atoms with Crippen LogP contribution in [0.2, 0.25) is 0 Å². The van der Waals surface area contributed by atoms with E-state index in [0.717, 1.165) is 0 Å². The molecule has 0 fully saturated rings. The zero-order valence-corrected chi connectivity index (χ0v) is 7.72. The Kier molecular flexibility index (Phi) is 2.21. The van der Waals surface area contributed by atoms with Crippen molar-refractivity contribution in [2.24, 2.45) is 0 Å². The molecule has 76 valence electrons. The third kappa shape index (κ3) is 1.59. The van der Waals surface area contributed by atoms with Gasteiger partial charge in [0.2, 0.25) is 0 Å². The fraction of sp³-hybridized carbons (Fsp3) is 0. The molecule has 2 N–H and O–H groups in total. The molecule has 2 rings (SSSR count). The summed E-state index contributed by atoms with van der Waals surface area (Å²) in [5.74, 6) is -0.175. The molecule has 1 aromatic carbocycles. The van der Waals surface area contributed by atoms with Crippen LogP contribution in [0.3, 0.4) is 0 Å². The lowest BCUT2D eigenvalue weighted by atomic mass is 10.3. The lowest BCUT2D eigenvalue weighted by molar-refractivity contribution is 0.112. The van der Waals surface area contributed by atoms with E-state index in [0.29, 0.717) is 17.5 Å². The van der Waals surface area contributed by atoms with Crippen LogP contribution in [-0.4, -0.2) is 16.1 Å². The van der Waals surface area contributed by atoms with Crippen molar-refractivity contribution in [1.82, 2.24) is 9.78 Å². The SMILES string of the molecule is Nc1c(C=O)cnn1-c1cccc(F)c1. The molecule has 0 radical (unpaired) electrons. The summed E-state index contributed by atoms with van der Waals surface area (Å²) in [6.07, 6.45) is 1.95. The highest BCUT2D eigenvalue weighted by molar-refractivity contribution is 5.81. The molecular formula is C10H8FN3O. The van der Waals surface area contributed by atoms with E-state index < -0.39 is 0 Å². The van der Waals surface area contributed by atoms with Gasteiger partial charge in [-0.2, -0.15) is 5.10 Å². The standard InChI is InChI=1S/C10H8FN3O/c11-8-2-1-3-9(4-8)14-10(12)7(6-15)5-13-14/h1-6H,12H2. The number of carbonyl (C=O) groups excluding carboxylic acids is 1. The minimum atomic E-state index is -0.380. The maximum atomic E-state index is 12.9. The summed E-state index contributed by atoms with van der Waals surface area (Å²) in [6, 6.07) is 5.81. The molecule has 0 aliphatic carbocycles. The predicted octanol–water partition coefficient (Wildman–Crippen LogP) is 1.41. The molecule has 0 unspecified atom stereocenters. The first-order valence-electron chi connectivity index (χ1n) is 4.27. The van der Waals surface area contributed by atoms with E-state index in [4.69, 9.17) is 5.73 Å². The Bertz CT molecular complexity index is 507. The van der Waals surface area contributed by atoms with Crippen molar-refractivity contribution < 1.29 is 9.18 Å². The molecule has 0 saturated carbocycles. The highest BCUT2D eigenvalue weighted by Gasteiger charge is 2.08. The number of benzene rings is 1. The maximum Gasteiger partial charge on any atom is 0.155 e. The van der Waals surface area contributed by atoms with Gasteiger partial charge in [-0.25, -0.2) is 9.07 Å². The number of rotatable bonds is 2. The Hall–Kier alpha value is -2.17. The number of hydrogen-bond acceptors (Lipinski definition) is 3. The summed E-state index contributed by atoms with van der Waals surface area (Å²) in [6.45, 7) is 0. The number of halogens is 1. The first-order chi connectivity index (χ1) is 7.22. The molecule has 1 heterocycles. The minimum absolute atomic E-state index is 0.204. The van der Waals surface area contributed by atoms with E-state index in [9.17, 15) is 9.18 Å². The zero-order valence-electron chi connectivity index (χ0n) is 7.72. The van der Waals surface area contributed by atoms with E-state index >= 15 is 0 Å². The molecule has 0 amide bonds. The second kappa shape index (κ2) is 3.53. The van der Waals surface area contributed by atoms with Crippen molar-refractivity contribution in [3.05, 3.63) is 41.8 Å². The smallest absolute Gasteiger partial charge is 0.155 e. The largest absolute Gasteiger partial charge is 0.383 e. The molecular weight excluding hydrogens is 197 g/mol. The lowest BCUT2D eigenvalue weighted by Crippen LogP contribution is -2.03. The van der Waals surface area contributed by atoms with E-state index in [2.05, 4.69) is 5.10 Å². The van der Waals surface area contributed by atoms with E-state index in [1.165, 1.54) is 23.0 Å². The third-order valence-corrected chi connectivity index (χ3v) is 2.02. The number of aromatic nitrogens is 2. The van der Waals surface area contributed by atoms with Crippen LogP contribution in [0, 0.1) is 5.82 Å². The van der Waals surface area contributed by atoms with Crippen molar-refractivity contribution >= 4 is 12.1 Å². The summed E-state index contributed by atoms with van der Waals surface area (Å²) in [7, 11) is 0. The number of carbonyl (C=O) groups is 1. The highest BCUT2D eigenvalue weighted by Crippen LogP contribution is 2.16. The van der Waals surface area contributed by atoms with Crippen molar-refractivity contribution in [2.75, 3.05) is 5.73 Å². The van der Waals surface area contributed by atoms with Crippen LogP contribution in [0.4, 0.5) is 10.2 Å². The van der Waals surface area contributed by atoms with Crippen molar-refractivity contribution in [1.29, 1.82) is 0 Å². The summed E-state index contributed by atoms with van der Waals surface area (Å²) in [5, 5.41) is 3.89. The first kappa shape index (κ1) is 9.39. The van der Waals surface area contributed by atoms with E-state index in [-0.39, 0.29) is 11.6 Å². The van der Waals surface area contributed by atoms with Gasteiger partial charge in [0.1, 0.15) is 11.6 Å². The molecule has 0 bridgehead atoms. The van der Waals surface area contributed by atoms with Gasteiger partial charge in [-0.15, -0.1) is 0 Å². The molecule has 1 aromatic heterocycles. The van der Waals surface area contributed by atoms with Crippen LogP contribution in [0.15, 0.2) is 30.5 Å². The molecule has 0 aliphatic heterocycles. The van der Waals surface area contributed by atoms with Gasteiger partial charge >= 0.3 is 0 Å².